The smallest absolute Gasteiger partial charge is 0.244 e. The monoisotopic (exact) mass is 243 g/mol. The van der Waals surface area contributed by atoms with E-state index in [1.54, 1.807) is 6.08 Å². The van der Waals surface area contributed by atoms with Crippen molar-refractivity contribution in [1.82, 2.24) is 5.32 Å². The third-order valence-electron chi connectivity index (χ3n) is 2.97. The molecule has 0 bridgehead atoms. The first kappa shape index (κ1) is 12.9. The largest absolute Gasteiger partial charge is 0.350 e. The number of amides is 1. The maximum Gasteiger partial charge on any atom is 0.244 e. The Hall–Kier alpha value is -1.57. The van der Waals surface area contributed by atoms with Gasteiger partial charge in [0.05, 0.1) is 0 Å². The fourth-order valence-electron chi connectivity index (χ4n) is 1.89. The standard InChI is InChI=1S/C16H21NO/c1-12(2)11-14-5-3-13(4-6-14)7-10-16(18)17-15-8-9-15/h3-7,10,12,15H,8-9,11H2,1-2H3,(H,17,18)/b10-7+. The summed E-state index contributed by atoms with van der Waals surface area (Å²) in [6, 6.07) is 8.84. The van der Waals surface area contributed by atoms with E-state index < -0.39 is 0 Å². The molecule has 0 aliphatic heterocycles. The van der Waals surface area contributed by atoms with Crippen LogP contribution in [-0.2, 0) is 11.2 Å². The lowest BCUT2D eigenvalue weighted by Crippen LogP contribution is -2.22. The molecule has 0 atom stereocenters. The van der Waals surface area contributed by atoms with Crippen LogP contribution in [-0.4, -0.2) is 11.9 Å². The molecule has 0 unspecified atom stereocenters. The SMILES string of the molecule is CC(C)Cc1ccc(/C=C/C(=O)NC2CC2)cc1. The van der Waals surface area contributed by atoms with Crippen LogP contribution in [0, 0.1) is 5.92 Å². The zero-order valence-corrected chi connectivity index (χ0v) is 11.1. The summed E-state index contributed by atoms with van der Waals surface area (Å²) in [5, 5.41) is 2.94. The molecular weight excluding hydrogens is 222 g/mol. The van der Waals surface area contributed by atoms with E-state index in [0.717, 1.165) is 24.8 Å². The Morgan fingerprint density at radius 3 is 2.56 bits per heavy atom. The van der Waals surface area contributed by atoms with Gasteiger partial charge in [-0.1, -0.05) is 38.1 Å². The van der Waals surface area contributed by atoms with E-state index in [2.05, 4.69) is 43.4 Å². The number of carbonyl (C=O) groups excluding carboxylic acids is 1. The minimum Gasteiger partial charge on any atom is -0.350 e. The van der Waals surface area contributed by atoms with E-state index in [9.17, 15) is 4.79 Å². The predicted molar refractivity (Wildman–Crippen MR) is 75.2 cm³/mol. The molecule has 1 aliphatic carbocycles. The molecular formula is C16H21NO. The van der Waals surface area contributed by atoms with Crippen molar-refractivity contribution in [3.05, 3.63) is 41.5 Å². The van der Waals surface area contributed by atoms with Crippen molar-refractivity contribution in [2.45, 2.75) is 39.2 Å². The molecule has 2 nitrogen and oxygen atoms in total. The lowest BCUT2D eigenvalue weighted by atomic mass is 10.0. The number of hydrogen-bond acceptors (Lipinski definition) is 1. The van der Waals surface area contributed by atoms with Crippen LogP contribution in [0.5, 0.6) is 0 Å². The number of hydrogen-bond donors (Lipinski definition) is 1. The molecule has 0 heterocycles. The number of carbonyl (C=O) groups is 1. The average molecular weight is 243 g/mol. The van der Waals surface area contributed by atoms with E-state index >= 15 is 0 Å². The van der Waals surface area contributed by atoms with E-state index in [-0.39, 0.29) is 5.91 Å². The van der Waals surface area contributed by atoms with Gasteiger partial charge in [0.2, 0.25) is 5.91 Å². The number of nitrogens with one attached hydrogen (secondary N) is 1. The second-order valence-corrected chi connectivity index (χ2v) is 5.46. The van der Waals surface area contributed by atoms with Crippen LogP contribution in [0.2, 0.25) is 0 Å². The van der Waals surface area contributed by atoms with Gasteiger partial charge in [0.15, 0.2) is 0 Å². The third kappa shape index (κ3) is 4.36. The van der Waals surface area contributed by atoms with Gasteiger partial charge in [-0.15, -0.1) is 0 Å². The summed E-state index contributed by atoms with van der Waals surface area (Å²) in [5.41, 5.74) is 2.43. The van der Waals surface area contributed by atoms with Crippen molar-refractivity contribution >= 4 is 12.0 Å². The molecule has 1 amide bonds. The van der Waals surface area contributed by atoms with E-state index in [0.29, 0.717) is 12.0 Å². The van der Waals surface area contributed by atoms with Crippen LogP contribution in [0.3, 0.4) is 0 Å². The highest BCUT2D eigenvalue weighted by Crippen LogP contribution is 2.18. The van der Waals surface area contributed by atoms with Gasteiger partial charge in [-0.25, -0.2) is 0 Å². The van der Waals surface area contributed by atoms with Crippen LogP contribution in [0.4, 0.5) is 0 Å². The van der Waals surface area contributed by atoms with Crippen molar-refractivity contribution < 1.29 is 4.79 Å². The molecule has 1 aromatic carbocycles. The maximum atomic E-state index is 11.5. The molecule has 1 aliphatic rings. The van der Waals surface area contributed by atoms with Crippen LogP contribution in [0.15, 0.2) is 30.3 Å². The van der Waals surface area contributed by atoms with Crippen LogP contribution in [0.1, 0.15) is 37.8 Å². The van der Waals surface area contributed by atoms with Gasteiger partial charge >= 0.3 is 0 Å². The Kier molecular flexibility index (Phi) is 4.19. The molecule has 1 N–H and O–H groups in total. The summed E-state index contributed by atoms with van der Waals surface area (Å²) in [5.74, 6) is 0.694. The fraction of sp³-hybridized carbons (Fsp3) is 0.438. The first-order valence-corrected chi connectivity index (χ1v) is 6.71. The van der Waals surface area contributed by atoms with Crippen molar-refractivity contribution in [3.63, 3.8) is 0 Å². The molecule has 18 heavy (non-hydrogen) atoms. The normalized spacial score (nSPS) is 15.3. The molecule has 1 aromatic rings. The van der Waals surface area contributed by atoms with Crippen molar-refractivity contribution in [2.24, 2.45) is 5.92 Å². The predicted octanol–water partition coefficient (Wildman–Crippen LogP) is 3.18. The Labute approximate surface area is 109 Å². The fourth-order valence-corrected chi connectivity index (χ4v) is 1.89. The Morgan fingerprint density at radius 1 is 1.33 bits per heavy atom. The highest BCUT2D eigenvalue weighted by atomic mass is 16.1. The molecule has 0 saturated heterocycles. The number of benzene rings is 1. The molecule has 0 spiro atoms. The van der Waals surface area contributed by atoms with Gasteiger partial charge in [-0.2, -0.15) is 0 Å². The minimum atomic E-state index is 0.0174. The summed E-state index contributed by atoms with van der Waals surface area (Å²) in [4.78, 5) is 11.5. The zero-order chi connectivity index (χ0) is 13.0. The van der Waals surface area contributed by atoms with Gasteiger partial charge in [0.1, 0.15) is 0 Å². The van der Waals surface area contributed by atoms with Crippen molar-refractivity contribution in [2.75, 3.05) is 0 Å². The first-order valence-electron chi connectivity index (χ1n) is 6.71. The summed E-state index contributed by atoms with van der Waals surface area (Å²) < 4.78 is 0. The highest BCUT2D eigenvalue weighted by molar-refractivity contribution is 5.92. The minimum absolute atomic E-state index is 0.0174. The molecule has 1 saturated carbocycles. The summed E-state index contributed by atoms with van der Waals surface area (Å²) >= 11 is 0. The summed E-state index contributed by atoms with van der Waals surface area (Å²) in [6.07, 6.45) is 6.85. The highest BCUT2D eigenvalue weighted by Gasteiger charge is 2.21. The summed E-state index contributed by atoms with van der Waals surface area (Å²) in [7, 11) is 0. The zero-order valence-electron chi connectivity index (χ0n) is 11.1. The quantitative estimate of drug-likeness (QED) is 0.791. The third-order valence-corrected chi connectivity index (χ3v) is 2.97. The van der Waals surface area contributed by atoms with Crippen LogP contribution >= 0.6 is 0 Å². The van der Waals surface area contributed by atoms with Gasteiger partial charge in [-0.05, 0) is 42.4 Å². The average Bonchev–Trinajstić information content (AvgIpc) is 3.11. The molecule has 0 aromatic heterocycles. The lowest BCUT2D eigenvalue weighted by molar-refractivity contribution is -0.116. The second kappa shape index (κ2) is 5.85. The van der Waals surface area contributed by atoms with E-state index in [1.165, 1.54) is 5.56 Å². The van der Waals surface area contributed by atoms with Gasteiger partial charge in [-0.3, -0.25) is 4.79 Å². The Balaban J connectivity index is 1.88. The second-order valence-electron chi connectivity index (χ2n) is 5.46. The summed E-state index contributed by atoms with van der Waals surface area (Å²) in [6.45, 7) is 4.44. The van der Waals surface area contributed by atoms with Gasteiger partial charge in [0.25, 0.3) is 0 Å². The van der Waals surface area contributed by atoms with Crippen LogP contribution in [0.25, 0.3) is 6.08 Å². The Morgan fingerprint density at radius 2 is 2.00 bits per heavy atom. The topological polar surface area (TPSA) is 29.1 Å². The molecule has 2 rings (SSSR count). The number of rotatable bonds is 5. The Bertz CT molecular complexity index is 427. The van der Waals surface area contributed by atoms with Crippen molar-refractivity contribution in [1.29, 1.82) is 0 Å². The molecule has 96 valence electrons. The van der Waals surface area contributed by atoms with Gasteiger partial charge in [0, 0.05) is 12.1 Å². The van der Waals surface area contributed by atoms with Gasteiger partial charge < -0.3 is 5.32 Å². The van der Waals surface area contributed by atoms with E-state index in [1.807, 2.05) is 6.08 Å². The maximum absolute atomic E-state index is 11.5. The lowest BCUT2D eigenvalue weighted by Gasteiger charge is -2.04. The molecule has 2 heteroatoms. The molecule has 1 fully saturated rings. The first-order chi connectivity index (χ1) is 8.63. The van der Waals surface area contributed by atoms with E-state index in [4.69, 9.17) is 0 Å². The van der Waals surface area contributed by atoms with Crippen LogP contribution < -0.4 is 5.32 Å². The molecule has 0 radical (unpaired) electrons. The van der Waals surface area contributed by atoms with Crippen molar-refractivity contribution in [3.8, 4) is 0 Å².